The van der Waals surface area contributed by atoms with E-state index in [2.05, 4.69) is 31.9 Å². The molecule has 6 nitrogen and oxygen atoms in total. The molecule has 0 atom stereocenters. The van der Waals surface area contributed by atoms with Crippen molar-refractivity contribution in [3.8, 4) is 5.75 Å². The predicted molar refractivity (Wildman–Crippen MR) is 99.5 cm³/mol. The highest BCUT2D eigenvalue weighted by molar-refractivity contribution is 5.55. The maximum Gasteiger partial charge on any atom is 0.249 e. The van der Waals surface area contributed by atoms with Crippen LogP contribution in [0.3, 0.4) is 0 Å². The summed E-state index contributed by atoms with van der Waals surface area (Å²) in [4.78, 5) is 4.44. The zero-order valence-corrected chi connectivity index (χ0v) is 14.4. The van der Waals surface area contributed by atoms with Gasteiger partial charge in [0.05, 0.1) is 13.3 Å². The summed E-state index contributed by atoms with van der Waals surface area (Å²) in [6.07, 6.45) is 2.48. The number of ether oxygens (including phenoxy) is 1. The van der Waals surface area contributed by atoms with Crippen molar-refractivity contribution in [3.63, 3.8) is 0 Å². The summed E-state index contributed by atoms with van der Waals surface area (Å²) >= 11 is 0. The SMILES string of the molecule is COc1cccc(CCNc2cnnc(Nc3cccc(C)c3)n2)c1. The number of methoxy groups -OCH3 is 1. The Kier molecular flexibility index (Phi) is 5.41. The number of hydrogen-bond donors (Lipinski definition) is 2. The number of hydrogen-bond acceptors (Lipinski definition) is 6. The van der Waals surface area contributed by atoms with E-state index in [1.807, 2.05) is 49.4 Å². The van der Waals surface area contributed by atoms with Crippen LogP contribution in [-0.2, 0) is 6.42 Å². The van der Waals surface area contributed by atoms with Gasteiger partial charge in [-0.15, -0.1) is 5.10 Å². The molecule has 1 aromatic heterocycles. The van der Waals surface area contributed by atoms with Crippen molar-refractivity contribution in [1.29, 1.82) is 0 Å². The van der Waals surface area contributed by atoms with E-state index in [1.165, 1.54) is 11.1 Å². The Balaban J connectivity index is 1.58. The first-order valence-corrected chi connectivity index (χ1v) is 8.13. The van der Waals surface area contributed by atoms with E-state index in [-0.39, 0.29) is 0 Å². The molecule has 0 bridgehead atoms. The fourth-order valence-electron chi connectivity index (χ4n) is 2.46. The fourth-order valence-corrected chi connectivity index (χ4v) is 2.46. The third kappa shape index (κ3) is 4.91. The van der Waals surface area contributed by atoms with Gasteiger partial charge >= 0.3 is 0 Å². The van der Waals surface area contributed by atoms with Crippen LogP contribution in [-0.4, -0.2) is 28.8 Å². The van der Waals surface area contributed by atoms with Crippen LogP contribution in [0.25, 0.3) is 0 Å². The molecule has 0 amide bonds. The second-order valence-corrected chi connectivity index (χ2v) is 5.69. The van der Waals surface area contributed by atoms with Gasteiger partial charge in [-0.3, -0.25) is 0 Å². The van der Waals surface area contributed by atoms with Gasteiger partial charge < -0.3 is 15.4 Å². The van der Waals surface area contributed by atoms with Gasteiger partial charge in [-0.25, -0.2) is 0 Å². The molecular weight excluding hydrogens is 314 g/mol. The van der Waals surface area contributed by atoms with E-state index >= 15 is 0 Å². The van der Waals surface area contributed by atoms with Crippen LogP contribution in [0, 0.1) is 6.92 Å². The van der Waals surface area contributed by atoms with Crippen molar-refractivity contribution in [2.24, 2.45) is 0 Å². The molecule has 2 N–H and O–H groups in total. The first-order valence-electron chi connectivity index (χ1n) is 8.13. The Morgan fingerprint density at radius 2 is 1.96 bits per heavy atom. The average molecular weight is 335 g/mol. The molecule has 25 heavy (non-hydrogen) atoms. The number of anilines is 3. The van der Waals surface area contributed by atoms with Gasteiger partial charge in [-0.2, -0.15) is 10.1 Å². The van der Waals surface area contributed by atoms with E-state index in [0.29, 0.717) is 11.8 Å². The monoisotopic (exact) mass is 335 g/mol. The molecule has 0 saturated heterocycles. The van der Waals surface area contributed by atoms with E-state index in [1.54, 1.807) is 13.3 Å². The van der Waals surface area contributed by atoms with Crippen LogP contribution in [0.4, 0.5) is 17.5 Å². The molecule has 3 aromatic rings. The van der Waals surface area contributed by atoms with Crippen molar-refractivity contribution in [1.82, 2.24) is 15.2 Å². The minimum Gasteiger partial charge on any atom is -0.497 e. The molecule has 0 spiro atoms. The molecular formula is C19H21N5O. The average Bonchev–Trinajstić information content (AvgIpc) is 2.62. The topological polar surface area (TPSA) is 72.0 Å². The first kappa shape index (κ1) is 16.7. The molecule has 3 rings (SSSR count). The van der Waals surface area contributed by atoms with Crippen LogP contribution in [0.1, 0.15) is 11.1 Å². The molecule has 1 heterocycles. The third-order valence-electron chi connectivity index (χ3n) is 3.69. The summed E-state index contributed by atoms with van der Waals surface area (Å²) in [6, 6.07) is 16.1. The molecule has 2 aromatic carbocycles. The molecule has 0 saturated carbocycles. The zero-order chi connectivity index (χ0) is 17.5. The number of rotatable bonds is 7. The molecule has 6 heteroatoms. The standard InChI is InChI=1S/C19H21N5O/c1-14-5-3-7-16(11-14)22-19-23-18(13-21-24-19)20-10-9-15-6-4-8-17(12-15)25-2/h3-8,11-13H,9-10H2,1-2H3,(H2,20,22,23,24). The summed E-state index contributed by atoms with van der Waals surface area (Å²) in [5.41, 5.74) is 3.31. The summed E-state index contributed by atoms with van der Waals surface area (Å²) in [6.45, 7) is 2.79. The highest BCUT2D eigenvalue weighted by atomic mass is 16.5. The van der Waals surface area contributed by atoms with Gasteiger partial charge in [0.1, 0.15) is 5.75 Å². The maximum atomic E-state index is 5.24. The number of nitrogens with one attached hydrogen (secondary N) is 2. The van der Waals surface area contributed by atoms with E-state index < -0.39 is 0 Å². The van der Waals surface area contributed by atoms with Gasteiger partial charge in [-0.05, 0) is 48.7 Å². The van der Waals surface area contributed by atoms with Crippen molar-refractivity contribution in [2.75, 3.05) is 24.3 Å². The Hall–Kier alpha value is -3.15. The summed E-state index contributed by atoms with van der Waals surface area (Å²) < 4.78 is 5.24. The van der Waals surface area contributed by atoms with E-state index in [0.717, 1.165) is 24.4 Å². The zero-order valence-electron chi connectivity index (χ0n) is 14.4. The molecule has 0 aliphatic carbocycles. The van der Waals surface area contributed by atoms with Crippen LogP contribution in [0.2, 0.25) is 0 Å². The largest absolute Gasteiger partial charge is 0.497 e. The molecule has 0 aliphatic rings. The number of nitrogens with zero attached hydrogens (tertiary/aromatic N) is 3. The lowest BCUT2D eigenvalue weighted by atomic mass is 10.1. The first-order chi connectivity index (χ1) is 12.2. The summed E-state index contributed by atoms with van der Waals surface area (Å²) in [7, 11) is 1.67. The number of aromatic nitrogens is 3. The van der Waals surface area contributed by atoms with Crippen LogP contribution < -0.4 is 15.4 Å². The Labute approximate surface area is 147 Å². The lowest BCUT2D eigenvalue weighted by molar-refractivity contribution is 0.414. The lowest BCUT2D eigenvalue weighted by Gasteiger charge is -2.08. The van der Waals surface area contributed by atoms with E-state index in [9.17, 15) is 0 Å². The van der Waals surface area contributed by atoms with Gasteiger partial charge in [0.15, 0.2) is 5.82 Å². The lowest BCUT2D eigenvalue weighted by Crippen LogP contribution is -2.08. The van der Waals surface area contributed by atoms with E-state index in [4.69, 9.17) is 4.74 Å². The quantitative estimate of drug-likeness (QED) is 0.687. The predicted octanol–water partition coefficient (Wildman–Crippen LogP) is 3.59. The third-order valence-corrected chi connectivity index (χ3v) is 3.69. The minimum absolute atomic E-state index is 0.469. The van der Waals surface area contributed by atoms with Gasteiger partial charge in [0.2, 0.25) is 5.95 Å². The number of benzene rings is 2. The van der Waals surface area contributed by atoms with Gasteiger partial charge in [0.25, 0.3) is 0 Å². The second kappa shape index (κ2) is 8.10. The van der Waals surface area contributed by atoms with Crippen molar-refractivity contribution < 1.29 is 4.74 Å². The highest BCUT2D eigenvalue weighted by Gasteiger charge is 2.02. The molecule has 128 valence electrons. The van der Waals surface area contributed by atoms with Gasteiger partial charge in [0, 0.05) is 12.2 Å². The number of aryl methyl sites for hydroxylation is 1. The van der Waals surface area contributed by atoms with Gasteiger partial charge in [-0.1, -0.05) is 24.3 Å². The Morgan fingerprint density at radius 3 is 2.80 bits per heavy atom. The van der Waals surface area contributed by atoms with Crippen LogP contribution in [0.15, 0.2) is 54.7 Å². The highest BCUT2D eigenvalue weighted by Crippen LogP contribution is 2.15. The molecule has 0 radical (unpaired) electrons. The Bertz CT molecular complexity index is 837. The van der Waals surface area contributed by atoms with Crippen LogP contribution in [0.5, 0.6) is 5.75 Å². The van der Waals surface area contributed by atoms with Crippen LogP contribution >= 0.6 is 0 Å². The minimum atomic E-state index is 0.469. The van der Waals surface area contributed by atoms with Crippen molar-refractivity contribution >= 4 is 17.5 Å². The van der Waals surface area contributed by atoms with Crippen molar-refractivity contribution in [3.05, 3.63) is 65.9 Å². The summed E-state index contributed by atoms with van der Waals surface area (Å²) in [5.74, 6) is 2.02. The molecule has 0 fully saturated rings. The smallest absolute Gasteiger partial charge is 0.249 e. The Morgan fingerprint density at radius 1 is 1.08 bits per heavy atom. The normalized spacial score (nSPS) is 10.3. The molecule has 0 unspecified atom stereocenters. The maximum absolute atomic E-state index is 5.24. The fraction of sp³-hybridized carbons (Fsp3) is 0.211. The summed E-state index contributed by atoms with van der Waals surface area (Å²) in [5, 5.41) is 14.5. The van der Waals surface area contributed by atoms with Crippen molar-refractivity contribution in [2.45, 2.75) is 13.3 Å². The molecule has 0 aliphatic heterocycles. The second-order valence-electron chi connectivity index (χ2n) is 5.69.